The summed E-state index contributed by atoms with van der Waals surface area (Å²) in [6.07, 6.45) is 4.35. The number of aldehydes is 1. The molecule has 1 rings (SSSR count). The van der Waals surface area contributed by atoms with Crippen molar-refractivity contribution in [1.29, 1.82) is 0 Å². The summed E-state index contributed by atoms with van der Waals surface area (Å²) in [5.41, 5.74) is 1.71. The van der Waals surface area contributed by atoms with E-state index in [9.17, 15) is 24.0 Å². The van der Waals surface area contributed by atoms with Crippen molar-refractivity contribution in [2.24, 2.45) is 0 Å². The summed E-state index contributed by atoms with van der Waals surface area (Å²) in [5, 5.41) is 10.6. The number of carbonyl (C=O) groups is 5. The first-order chi connectivity index (χ1) is 17.4. The highest BCUT2D eigenvalue weighted by Gasteiger charge is 2.06. The Bertz CT molecular complexity index is 815. The van der Waals surface area contributed by atoms with Crippen molar-refractivity contribution in [3.05, 3.63) is 35.4 Å². The number of ether oxygens (including phenoxy) is 2. The minimum atomic E-state index is -0.490. The fraction of sp³-hybridized carbons (Fsp3) is 0.560. The molecule has 0 fully saturated rings. The molecule has 0 aliphatic heterocycles. The molecule has 0 bridgehead atoms. The molecule has 0 saturated heterocycles. The van der Waals surface area contributed by atoms with Crippen LogP contribution >= 0.6 is 0 Å². The molecule has 0 aliphatic rings. The van der Waals surface area contributed by atoms with Gasteiger partial charge in [0.2, 0.25) is 17.7 Å². The van der Waals surface area contributed by atoms with Gasteiger partial charge in [-0.3, -0.25) is 14.4 Å². The Morgan fingerprint density at radius 1 is 0.806 bits per heavy atom. The molecule has 4 amide bonds. The Labute approximate surface area is 212 Å². The van der Waals surface area contributed by atoms with Crippen molar-refractivity contribution in [3.8, 4) is 0 Å². The van der Waals surface area contributed by atoms with Gasteiger partial charge in [-0.1, -0.05) is 30.7 Å². The van der Waals surface area contributed by atoms with E-state index in [4.69, 9.17) is 9.47 Å². The number of amides is 4. The van der Waals surface area contributed by atoms with Crippen LogP contribution in [0.15, 0.2) is 24.3 Å². The smallest absolute Gasteiger partial charge is 0.407 e. The standard InChI is InChI=1S/C25H38N4O7/c1-26-22(31)11-13-27-23(32)17-20-7-9-21(10-8-20)18-29-24(33)19-35-15-6-16-36-25(34)28-12-4-2-3-5-14-30/h7-10,14H,2-6,11-13,15-19H2,1H3,(H,26,31)(H,27,32)(H,28,34)(H,29,33). The third kappa shape index (κ3) is 16.2. The second-order valence-corrected chi connectivity index (χ2v) is 8.03. The summed E-state index contributed by atoms with van der Waals surface area (Å²) < 4.78 is 10.3. The molecule has 200 valence electrons. The van der Waals surface area contributed by atoms with Gasteiger partial charge < -0.3 is 35.5 Å². The van der Waals surface area contributed by atoms with Gasteiger partial charge in [-0.2, -0.15) is 0 Å². The summed E-state index contributed by atoms with van der Waals surface area (Å²) in [6.45, 7) is 1.51. The zero-order chi connectivity index (χ0) is 26.4. The number of hydrogen-bond donors (Lipinski definition) is 4. The van der Waals surface area contributed by atoms with Crippen molar-refractivity contribution in [2.75, 3.05) is 40.0 Å². The van der Waals surface area contributed by atoms with Gasteiger partial charge in [-0.25, -0.2) is 4.79 Å². The number of nitrogens with one attached hydrogen (secondary N) is 4. The van der Waals surface area contributed by atoms with E-state index in [1.54, 1.807) is 7.05 Å². The van der Waals surface area contributed by atoms with Gasteiger partial charge in [0.15, 0.2) is 0 Å². The molecule has 0 spiro atoms. The monoisotopic (exact) mass is 506 g/mol. The number of carbonyl (C=O) groups excluding carboxylic acids is 5. The van der Waals surface area contributed by atoms with Crippen LogP contribution in [0.4, 0.5) is 4.79 Å². The molecule has 0 heterocycles. The molecule has 1 aromatic rings. The van der Waals surface area contributed by atoms with Crippen LogP contribution in [-0.2, 0) is 41.6 Å². The van der Waals surface area contributed by atoms with Crippen LogP contribution in [0.5, 0.6) is 0 Å². The minimum Gasteiger partial charge on any atom is -0.449 e. The second kappa shape index (κ2) is 19.8. The number of benzene rings is 1. The minimum absolute atomic E-state index is 0.0959. The zero-order valence-corrected chi connectivity index (χ0v) is 20.9. The highest BCUT2D eigenvalue weighted by molar-refractivity contribution is 5.80. The summed E-state index contributed by atoms with van der Waals surface area (Å²) in [7, 11) is 1.55. The maximum Gasteiger partial charge on any atom is 0.407 e. The number of alkyl carbamates (subject to hydrolysis) is 1. The first-order valence-corrected chi connectivity index (χ1v) is 12.2. The normalized spacial score (nSPS) is 10.2. The van der Waals surface area contributed by atoms with E-state index in [1.165, 1.54) is 0 Å². The lowest BCUT2D eigenvalue weighted by molar-refractivity contribution is -0.126. The highest BCUT2D eigenvalue weighted by Crippen LogP contribution is 2.05. The van der Waals surface area contributed by atoms with Gasteiger partial charge in [-0.05, 0) is 24.0 Å². The van der Waals surface area contributed by atoms with Crippen LogP contribution in [0, 0.1) is 0 Å². The zero-order valence-electron chi connectivity index (χ0n) is 20.9. The molecule has 36 heavy (non-hydrogen) atoms. The van der Waals surface area contributed by atoms with Crippen LogP contribution in [0.1, 0.15) is 49.7 Å². The lowest BCUT2D eigenvalue weighted by Crippen LogP contribution is -2.30. The number of hydrogen-bond acceptors (Lipinski definition) is 7. The third-order valence-corrected chi connectivity index (χ3v) is 5.00. The van der Waals surface area contributed by atoms with Crippen molar-refractivity contribution in [2.45, 2.75) is 51.5 Å². The fourth-order valence-electron chi connectivity index (χ4n) is 2.98. The Balaban J connectivity index is 2.07. The topological polar surface area (TPSA) is 152 Å². The summed E-state index contributed by atoms with van der Waals surface area (Å²) >= 11 is 0. The predicted molar refractivity (Wildman–Crippen MR) is 133 cm³/mol. The Morgan fingerprint density at radius 2 is 1.56 bits per heavy atom. The lowest BCUT2D eigenvalue weighted by atomic mass is 10.1. The molecule has 11 heteroatoms. The van der Waals surface area contributed by atoms with Gasteiger partial charge in [0.1, 0.15) is 12.9 Å². The van der Waals surface area contributed by atoms with Crippen molar-refractivity contribution < 1.29 is 33.4 Å². The van der Waals surface area contributed by atoms with Crippen LogP contribution in [0.2, 0.25) is 0 Å². The van der Waals surface area contributed by atoms with E-state index in [-0.39, 0.29) is 56.9 Å². The van der Waals surface area contributed by atoms with Crippen molar-refractivity contribution in [1.82, 2.24) is 21.3 Å². The van der Waals surface area contributed by atoms with Gasteiger partial charge in [0.25, 0.3) is 0 Å². The molecule has 0 saturated carbocycles. The molecule has 11 nitrogen and oxygen atoms in total. The summed E-state index contributed by atoms with van der Waals surface area (Å²) in [4.78, 5) is 56.7. The predicted octanol–water partition coefficient (Wildman–Crippen LogP) is 0.990. The average Bonchev–Trinajstić information content (AvgIpc) is 2.87. The van der Waals surface area contributed by atoms with Crippen molar-refractivity contribution in [3.63, 3.8) is 0 Å². The van der Waals surface area contributed by atoms with E-state index >= 15 is 0 Å². The SMILES string of the molecule is CNC(=O)CCNC(=O)Cc1ccc(CNC(=O)COCCCOC(=O)NCCCCCC=O)cc1. The summed E-state index contributed by atoms with van der Waals surface area (Å²) in [5.74, 6) is -0.551. The Hall–Kier alpha value is -3.47. The molecular formula is C25H38N4O7. The van der Waals surface area contributed by atoms with E-state index in [0.29, 0.717) is 25.9 Å². The molecule has 0 atom stereocenters. The first kappa shape index (κ1) is 30.6. The molecule has 4 N–H and O–H groups in total. The van der Waals surface area contributed by atoms with Crippen LogP contribution < -0.4 is 21.3 Å². The largest absolute Gasteiger partial charge is 0.449 e. The highest BCUT2D eigenvalue weighted by atomic mass is 16.5. The van der Waals surface area contributed by atoms with E-state index < -0.39 is 6.09 Å². The van der Waals surface area contributed by atoms with E-state index in [0.717, 1.165) is 36.7 Å². The maximum absolute atomic E-state index is 11.9. The van der Waals surface area contributed by atoms with Crippen molar-refractivity contribution >= 4 is 30.1 Å². The van der Waals surface area contributed by atoms with Gasteiger partial charge in [0, 0.05) is 45.9 Å². The average molecular weight is 507 g/mol. The van der Waals surface area contributed by atoms with E-state index in [2.05, 4.69) is 21.3 Å². The lowest BCUT2D eigenvalue weighted by Gasteiger charge is -2.09. The van der Waals surface area contributed by atoms with Crippen LogP contribution in [0.25, 0.3) is 0 Å². The van der Waals surface area contributed by atoms with E-state index in [1.807, 2.05) is 24.3 Å². The number of unbranched alkanes of at least 4 members (excludes halogenated alkanes) is 3. The molecule has 0 aromatic heterocycles. The molecule has 0 aliphatic carbocycles. The maximum atomic E-state index is 11.9. The second-order valence-electron chi connectivity index (χ2n) is 8.03. The van der Waals surface area contributed by atoms with Crippen LogP contribution in [0.3, 0.4) is 0 Å². The quantitative estimate of drug-likeness (QED) is 0.161. The summed E-state index contributed by atoms with van der Waals surface area (Å²) in [6, 6.07) is 7.31. The number of rotatable bonds is 19. The first-order valence-electron chi connectivity index (χ1n) is 12.2. The fourth-order valence-corrected chi connectivity index (χ4v) is 2.98. The Morgan fingerprint density at radius 3 is 2.28 bits per heavy atom. The third-order valence-electron chi connectivity index (χ3n) is 5.00. The molecular weight excluding hydrogens is 468 g/mol. The molecule has 0 unspecified atom stereocenters. The molecule has 1 aromatic carbocycles. The molecule has 0 radical (unpaired) electrons. The Kier molecular flexibility index (Phi) is 16.8. The van der Waals surface area contributed by atoms with Gasteiger partial charge in [0.05, 0.1) is 19.6 Å². The van der Waals surface area contributed by atoms with Gasteiger partial charge in [-0.15, -0.1) is 0 Å². The van der Waals surface area contributed by atoms with Gasteiger partial charge >= 0.3 is 6.09 Å². The van der Waals surface area contributed by atoms with Crippen LogP contribution in [-0.4, -0.2) is 70.1 Å².